The second kappa shape index (κ2) is 10.7. The minimum atomic E-state index is -0.544. The summed E-state index contributed by atoms with van der Waals surface area (Å²) >= 11 is 0. The summed E-state index contributed by atoms with van der Waals surface area (Å²) < 4.78 is 2.51. The Bertz CT molecular complexity index is 3730. The van der Waals surface area contributed by atoms with Gasteiger partial charge in [-0.25, -0.2) is 0 Å². The molecule has 15 rings (SSSR count). The van der Waals surface area contributed by atoms with E-state index in [0.717, 1.165) is 0 Å². The molecule has 0 N–H and O–H groups in total. The molecule has 0 fully saturated rings. The average molecular weight is 759 g/mol. The van der Waals surface area contributed by atoms with Crippen molar-refractivity contribution in [2.45, 2.75) is 10.8 Å². The van der Waals surface area contributed by atoms with Gasteiger partial charge in [0.2, 0.25) is 0 Å². The predicted molar refractivity (Wildman–Crippen MR) is 248 cm³/mol. The van der Waals surface area contributed by atoms with Crippen LogP contribution in [0.4, 0.5) is 17.1 Å². The maximum Gasteiger partial charge on any atom is 0.0648 e. The summed E-state index contributed by atoms with van der Waals surface area (Å²) in [5, 5.41) is 7.99. The van der Waals surface area contributed by atoms with E-state index in [2.05, 4.69) is 216 Å². The molecule has 4 aliphatic rings. The van der Waals surface area contributed by atoms with Crippen LogP contribution >= 0.6 is 0 Å². The molecule has 2 nitrogen and oxygen atoms in total. The highest BCUT2D eigenvalue weighted by Gasteiger charge is 2.69. The van der Waals surface area contributed by atoms with Gasteiger partial charge in [-0.1, -0.05) is 158 Å². The number of hydrogen-bond donors (Lipinski definition) is 0. The van der Waals surface area contributed by atoms with E-state index in [4.69, 9.17) is 0 Å². The molecule has 1 aromatic heterocycles. The van der Waals surface area contributed by atoms with Gasteiger partial charge in [0.05, 0.1) is 33.2 Å². The Morgan fingerprint density at radius 1 is 0.300 bits per heavy atom. The Morgan fingerprint density at radius 3 is 1.63 bits per heavy atom. The first kappa shape index (κ1) is 31.3. The molecule has 2 unspecified atom stereocenters. The lowest BCUT2D eigenvalue weighted by Crippen LogP contribution is -2.48. The molecule has 60 heavy (non-hydrogen) atoms. The Balaban J connectivity index is 1.19. The van der Waals surface area contributed by atoms with Crippen molar-refractivity contribution in [1.82, 2.24) is 4.57 Å². The van der Waals surface area contributed by atoms with Crippen LogP contribution in [0.1, 0.15) is 33.4 Å². The zero-order chi connectivity index (χ0) is 38.9. The SMILES string of the molecule is c1ccc(N2c3ccccc3-c3ccc4c5c(ccc2c35)C23c5ccccc5-c5ccccc5C42c2cccc4c2c3cc2c3ccccc3n(-c3ccccc3)c42)cc1. The van der Waals surface area contributed by atoms with Gasteiger partial charge in [-0.3, -0.25) is 0 Å². The second-order valence-electron chi connectivity index (χ2n) is 17.1. The molecule has 0 amide bonds. The number of aromatic nitrogens is 1. The zero-order valence-corrected chi connectivity index (χ0v) is 32.5. The van der Waals surface area contributed by atoms with Gasteiger partial charge in [0.25, 0.3) is 0 Å². The summed E-state index contributed by atoms with van der Waals surface area (Å²) in [6.45, 7) is 0. The molecule has 2 atom stereocenters. The molecular formula is C58H34N2. The van der Waals surface area contributed by atoms with Gasteiger partial charge >= 0.3 is 0 Å². The molecule has 2 heteroatoms. The number of rotatable bonds is 2. The van der Waals surface area contributed by atoms with Crippen molar-refractivity contribution in [2.75, 3.05) is 4.90 Å². The van der Waals surface area contributed by atoms with Crippen LogP contribution in [0, 0.1) is 0 Å². The van der Waals surface area contributed by atoms with Gasteiger partial charge in [0.1, 0.15) is 0 Å². The van der Waals surface area contributed by atoms with Crippen LogP contribution in [0.3, 0.4) is 0 Å². The monoisotopic (exact) mass is 758 g/mol. The molecule has 10 aromatic carbocycles. The molecule has 3 aliphatic carbocycles. The van der Waals surface area contributed by atoms with Crippen molar-refractivity contribution in [2.24, 2.45) is 0 Å². The molecule has 0 saturated heterocycles. The number of nitrogens with zero attached hydrogens (tertiary/aromatic N) is 2. The standard InChI is InChI=1S/C58H34N2/c1-3-16-35(17-4-1)59-50-28-13-9-22-39(50)41-30-31-47-55-48(32-33-52(59)54(41)55)58-45-26-12-8-21-38(45)37-20-7-11-25-44(37)57(47,58)46-27-15-24-42-53(46)49(58)34-43-40-23-10-14-29-51(40)60(56(42)43)36-18-5-2-6-19-36/h1-34H. The molecule has 0 spiro atoms. The molecule has 1 aliphatic heterocycles. The summed E-state index contributed by atoms with van der Waals surface area (Å²) in [6, 6.07) is 78.3. The normalized spacial score (nSPS) is 18.4. The fraction of sp³-hybridized carbons (Fsp3) is 0.0345. The summed E-state index contributed by atoms with van der Waals surface area (Å²) in [4.78, 5) is 2.50. The Morgan fingerprint density at radius 2 is 0.867 bits per heavy atom. The summed E-state index contributed by atoms with van der Waals surface area (Å²) in [7, 11) is 0. The topological polar surface area (TPSA) is 8.17 Å². The third-order valence-corrected chi connectivity index (χ3v) is 14.8. The zero-order valence-electron chi connectivity index (χ0n) is 32.5. The Kier molecular flexibility index (Phi) is 5.58. The molecule has 0 radical (unpaired) electrons. The molecular weight excluding hydrogens is 725 g/mol. The lowest BCUT2D eigenvalue weighted by atomic mass is 9.50. The first-order chi connectivity index (χ1) is 29.8. The fourth-order valence-electron chi connectivity index (χ4n) is 13.0. The van der Waals surface area contributed by atoms with E-state index in [1.165, 1.54) is 122 Å². The molecule has 276 valence electrons. The van der Waals surface area contributed by atoms with E-state index in [-0.39, 0.29) is 0 Å². The highest BCUT2D eigenvalue weighted by Crippen LogP contribution is 2.76. The van der Waals surface area contributed by atoms with Crippen LogP contribution < -0.4 is 4.90 Å². The van der Waals surface area contributed by atoms with Crippen LogP contribution in [0.25, 0.3) is 71.3 Å². The molecule has 2 heterocycles. The van der Waals surface area contributed by atoms with E-state index < -0.39 is 10.8 Å². The maximum atomic E-state index is 2.62. The number of para-hydroxylation sites is 4. The minimum absolute atomic E-state index is 0.528. The van der Waals surface area contributed by atoms with Gasteiger partial charge in [0.15, 0.2) is 0 Å². The van der Waals surface area contributed by atoms with Crippen LogP contribution in [0.5, 0.6) is 0 Å². The minimum Gasteiger partial charge on any atom is -0.309 e. The number of fused-ring (bicyclic) bond motifs is 9. The third kappa shape index (κ3) is 3.28. The van der Waals surface area contributed by atoms with Crippen LogP contribution in [0.15, 0.2) is 206 Å². The van der Waals surface area contributed by atoms with Crippen molar-refractivity contribution >= 4 is 60.4 Å². The van der Waals surface area contributed by atoms with Crippen molar-refractivity contribution in [1.29, 1.82) is 0 Å². The molecule has 0 bridgehead atoms. The highest BCUT2D eigenvalue weighted by atomic mass is 15.2. The lowest BCUT2D eigenvalue weighted by Gasteiger charge is -2.50. The van der Waals surface area contributed by atoms with Crippen LogP contribution in [-0.2, 0) is 10.8 Å². The van der Waals surface area contributed by atoms with Crippen LogP contribution in [0.2, 0.25) is 0 Å². The van der Waals surface area contributed by atoms with E-state index in [0.29, 0.717) is 0 Å². The van der Waals surface area contributed by atoms with E-state index in [9.17, 15) is 0 Å². The number of hydrogen-bond acceptors (Lipinski definition) is 1. The first-order valence-corrected chi connectivity index (χ1v) is 21.1. The van der Waals surface area contributed by atoms with Crippen molar-refractivity contribution in [3.63, 3.8) is 0 Å². The number of anilines is 3. The lowest BCUT2D eigenvalue weighted by molar-refractivity contribution is 0.461. The van der Waals surface area contributed by atoms with Gasteiger partial charge < -0.3 is 9.47 Å². The second-order valence-corrected chi connectivity index (χ2v) is 17.1. The summed E-state index contributed by atoms with van der Waals surface area (Å²) in [6.07, 6.45) is 0. The van der Waals surface area contributed by atoms with Gasteiger partial charge in [-0.05, 0) is 109 Å². The van der Waals surface area contributed by atoms with Crippen molar-refractivity contribution in [3.8, 4) is 27.9 Å². The smallest absolute Gasteiger partial charge is 0.0648 e. The van der Waals surface area contributed by atoms with Gasteiger partial charge in [0, 0.05) is 38.5 Å². The Hall–Kier alpha value is -7.68. The van der Waals surface area contributed by atoms with Crippen molar-refractivity contribution in [3.05, 3.63) is 240 Å². The largest absolute Gasteiger partial charge is 0.309 e. The van der Waals surface area contributed by atoms with Crippen molar-refractivity contribution < 1.29 is 0 Å². The fourth-order valence-corrected chi connectivity index (χ4v) is 13.0. The molecule has 11 aromatic rings. The predicted octanol–water partition coefficient (Wildman–Crippen LogP) is 14.5. The Labute approximate surface area is 346 Å². The van der Waals surface area contributed by atoms with Crippen LogP contribution in [-0.4, -0.2) is 4.57 Å². The highest BCUT2D eigenvalue weighted by molar-refractivity contribution is 6.25. The molecule has 0 saturated carbocycles. The number of benzene rings is 10. The maximum absolute atomic E-state index is 2.62. The van der Waals surface area contributed by atoms with E-state index in [1.807, 2.05) is 0 Å². The summed E-state index contributed by atoms with van der Waals surface area (Å²) in [5.74, 6) is 0. The average Bonchev–Trinajstić information content (AvgIpc) is 3.90. The van der Waals surface area contributed by atoms with E-state index >= 15 is 0 Å². The third-order valence-electron chi connectivity index (χ3n) is 14.8. The quantitative estimate of drug-likeness (QED) is 0.170. The first-order valence-electron chi connectivity index (χ1n) is 21.1. The van der Waals surface area contributed by atoms with Gasteiger partial charge in [-0.15, -0.1) is 0 Å². The van der Waals surface area contributed by atoms with Gasteiger partial charge in [-0.2, -0.15) is 0 Å². The summed E-state index contributed by atoms with van der Waals surface area (Å²) in [5.41, 5.74) is 19.8. The van der Waals surface area contributed by atoms with E-state index in [1.54, 1.807) is 0 Å².